The lowest BCUT2D eigenvalue weighted by Crippen LogP contribution is -2.31. The quantitative estimate of drug-likeness (QED) is 0.168. The normalized spacial score (nSPS) is 11.9. The molecule has 0 radical (unpaired) electrons. The number of nitrogens with one attached hydrogen (secondary N) is 1. The molecule has 0 atom stereocenters. The number of unbranched alkanes of at least 4 members (excludes halogenated alkanes) is 1. The molecule has 0 aliphatic rings. The first-order valence-electron chi connectivity index (χ1n) is 14.7. The summed E-state index contributed by atoms with van der Waals surface area (Å²) in [5.74, 6) is -0.514. The molecule has 0 fully saturated rings. The van der Waals surface area contributed by atoms with Gasteiger partial charge in [-0.25, -0.2) is 17.9 Å². The molecule has 5 rings (SSSR count). The highest BCUT2D eigenvalue weighted by molar-refractivity contribution is 7.90. The van der Waals surface area contributed by atoms with Crippen LogP contribution in [-0.2, 0) is 29.2 Å². The number of carbonyl (C=O) groups excluding carboxylic acids is 1. The molecule has 0 aliphatic heterocycles. The number of para-hydroxylation sites is 1. The van der Waals surface area contributed by atoms with Crippen LogP contribution in [0.25, 0.3) is 16.8 Å². The van der Waals surface area contributed by atoms with Crippen molar-refractivity contribution in [2.45, 2.75) is 50.7 Å². The standard InChI is InChI=1S/C34H30ClF3N4O4S/c1-3-4-16-30-39-42(28-14-7-6-12-26(28)34(36,37)38)33(44)41(30)21-23-17-19-24(20-18-23)25-11-5-8-15-29(25)47(45,46)40-32(43)31-22(2)10-9-13-27(31)35/h5-15,17-20H,3-4,16,21H2,1-2H3,(H,40,43). The molecule has 1 amide bonds. The van der Waals surface area contributed by atoms with Crippen LogP contribution in [0.2, 0.25) is 5.02 Å². The first kappa shape index (κ1) is 33.7. The van der Waals surface area contributed by atoms with E-state index < -0.39 is 33.4 Å². The fourth-order valence-electron chi connectivity index (χ4n) is 5.23. The molecule has 13 heteroatoms. The molecule has 0 aliphatic carbocycles. The summed E-state index contributed by atoms with van der Waals surface area (Å²) in [6.07, 6.45) is -2.83. The fraction of sp³-hybridized carbons (Fsp3) is 0.206. The summed E-state index contributed by atoms with van der Waals surface area (Å²) in [6, 6.07) is 22.5. The van der Waals surface area contributed by atoms with Gasteiger partial charge in [-0.3, -0.25) is 9.36 Å². The van der Waals surface area contributed by atoms with Gasteiger partial charge in [0.15, 0.2) is 0 Å². The topological polar surface area (TPSA) is 103 Å². The summed E-state index contributed by atoms with van der Waals surface area (Å²) >= 11 is 6.17. The summed E-state index contributed by atoms with van der Waals surface area (Å²) < 4.78 is 72.4. The van der Waals surface area contributed by atoms with Crippen LogP contribution < -0.4 is 10.4 Å². The maximum Gasteiger partial charge on any atom is 0.418 e. The lowest BCUT2D eigenvalue weighted by atomic mass is 10.0. The van der Waals surface area contributed by atoms with Crippen molar-refractivity contribution in [3.63, 3.8) is 0 Å². The van der Waals surface area contributed by atoms with E-state index in [2.05, 4.69) is 9.82 Å². The van der Waals surface area contributed by atoms with E-state index in [9.17, 15) is 31.2 Å². The number of alkyl halides is 3. The maximum absolute atomic E-state index is 13.8. The molecule has 244 valence electrons. The van der Waals surface area contributed by atoms with Crippen LogP contribution in [0.1, 0.15) is 52.6 Å². The Morgan fingerprint density at radius 3 is 2.30 bits per heavy atom. The van der Waals surface area contributed by atoms with E-state index in [1.165, 1.54) is 41.0 Å². The van der Waals surface area contributed by atoms with Gasteiger partial charge in [-0.2, -0.15) is 17.9 Å². The smallest absolute Gasteiger partial charge is 0.274 e. The number of carbonyl (C=O) groups is 1. The summed E-state index contributed by atoms with van der Waals surface area (Å²) in [5.41, 5.74) is 0.0193. The molecule has 5 aromatic rings. The van der Waals surface area contributed by atoms with E-state index in [0.29, 0.717) is 40.9 Å². The van der Waals surface area contributed by atoms with Gasteiger partial charge in [0.1, 0.15) is 5.82 Å². The second-order valence-corrected chi connectivity index (χ2v) is 12.9. The lowest BCUT2D eigenvalue weighted by Gasteiger charge is -2.14. The number of sulfonamides is 1. The zero-order valence-corrected chi connectivity index (χ0v) is 27.0. The Hall–Kier alpha value is -4.68. The largest absolute Gasteiger partial charge is 0.418 e. The number of amides is 1. The van der Waals surface area contributed by atoms with E-state index in [1.54, 1.807) is 55.5 Å². The van der Waals surface area contributed by atoms with Crippen molar-refractivity contribution in [1.82, 2.24) is 19.1 Å². The molecule has 0 unspecified atom stereocenters. The first-order valence-corrected chi connectivity index (χ1v) is 16.5. The van der Waals surface area contributed by atoms with Crippen LogP contribution in [0, 0.1) is 6.92 Å². The molecule has 4 aromatic carbocycles. The molecule has 1 heterocycles. The zero-order chi connectivity index (χ0) is 33.9. The van der Waals surface area contributed by atoms with E-state index in [4.69, 9.17) is 11.6 Å². The minimum absolute atomic E-state index is 0.0273. The molecule has 0 saturated carbocycles. The molecule has 47 heavy (non-hydrogen) atoms. The highest BCUT2D eigenvalue weighted by Gasteiger charge is 2.35. The van der Waals surface area contributed by atoms with Gasteiger partial charge in [0.25, 0.3) is 15.9 Å². The van der Waals surface area contributed by atoms with Crippen molar-refractivity contribution in [3.05, 3.63) is 135 Å². The third-order valence-electron chi connectivity index (χ3n) is 7.59. The second-order valence-electron chi connectivity index (χ2n) is 10.9. The molecule has 1 aromatic heterocycles. The van der Waals surface area contributed by atoms with Crippen molar-refractivity contribution in [1.29, 1.82) is 0 Å². The van der Waals surface area contributed by atoms with Gasteiger partial charge in [0.05, 0.1) is 33.3 Å². The Labute approximate surface area is 274 Å². The van der Waals surface area contributed by atoms with Gasteiger partial charge < -0.3 is 0 Å². The van der Waals surface area contributed by atoms with Crippen LogP contribution in [0.5, 0.6) is 0 Å². The maximum atomic E-state index is 13.8. The molecular weight excluding hydrogens is 653 g/mol. The predicted molar refractivity (Wildman–Crippen MR) is 173 cm³/mol. The highest BCUT2D eigenvalue weighted by atomic mass is 35.5. The van der Waals surface area contributed by atoms with Crippen molar-refractivity contribution < 1.29 is 26.4 Å². The fourth-order valence-corrected chi connectivity index (χ4v) is 6.73. The van der Waals surface area contributed by atoms with Crippen LogP contribution in [0.3, 0.4) is 0 Å². The SMILES string of the molecule is CCCCc1nn(-c2ccccc2C(F)(F)F)c(=O)n1Cc1ccc(-c2ccccc2S(=O)(=O)NC(=O)c2c(C)cccc2Cl)cc1. The summed E-state index contributed by atoms with van der Waals surface area (Å²) in [7, 11) is -4.33. The molecule has 0 saturated heterocycles. The number of aromatic nitrogens is 3. The molecule has 0 bridgehead atoms. The van der Waals surface area contributed by atoms with Gasteiger partial charge in [-0.15, -0.1) is 5.10 Å². The average Bonchev–Trinajstić information content (AvgIpc) is 3.33. The Bertz CT molecular complexity index is 2090. The zero-order valence-electron chi connectivity index (χ0n) is 25.4. The minimum atomic E-state index is -4.68. The number of halogens is 4. The van der Waals surface area contributed by atoms with Crippen LogP contribution in [0.15, 0.2) is 101 Å². The molecule has 0 spiro atoms. The highest BCUT2D eigenvalue weighted by Crippen LogP contribution is 2.33. The first-order chi connectivity index (χ1) is 22.3. The molecular formula is C34H30ClF3N4O4S. The van der Waals surface area contributed by atoms with Gasteiger partial charge >= 0.3 is 11.9 Å². The predicted octanol–water partition coefficient (Wildman–Crippen LogP) is 7.19. The monoisotopic (exact) mass is 682 g/mol. The van der Waals surface area contributed by atoms with Crippen LogP contribution in [0.4, 0.5) is 13.2 Å². The van der Waals surface area contributed by atoms with E-state index in [1.807, 2.05) is 6.92 Å². The van der Waals surface area contributed by atoms with Gasteiger partial charge in [0, 0.05) is 12.0 Å². The molecule has 8 nitrogen and oxygen atoms in total. The Balaban J connectivity index is 1.46. The van der Waals surface area contributed by atoms with Crippen molar-refractivity contribution in [2.24, 2.45) is 0 Å². The molecule has 1 N–H and O–H groups in total. The number of hydrogen-bond acceptors (Lipinski definition) is 5. The average molecular weight is 683 g/mol. The number of nitrogens with zero attached hydrogens (tertiary/aromatic N) is 3. The summed E-state index contributed by atoms with van der Waals surface area (Å²) in [5, 5.41) is 4.42. The number of benzene rings is 4. The Morgan fingerprint density at radius 2 is 1.62 bits per heavy atom. The Kier molecular flexibility index (Phi) is 9.73. The van der Waals surface area contributed by atoms with Gasteiger partial charge in [-0.1, -0.05) is 91.7 Å². The number of hydrogen-bond donors (Lipinski definition) is 1. The third-order valence-corrected chi connectivity index (χ3v) is 9.29. The van der Waals surface area contributed by atoms with E-state index in [-0.39, 0.29) is 27.7 Å². The Morgan fingerprint density at radius 1 is 0.936 bits per heavy atom. The van der Waals surface area contributed by atoms with Gasteiger partial charge in [-0.05, 0) is 54.3 Å². The number of aryl methyl sites for hydroxylation is 2. The minimum Gasteiger partial charge on any atom is -0.274 e. The van der Waals surface area contributed by atoms with E-state index in [0.717, 1.165) is 17.2 Å². The summed E-state index contributed by atoms with van der Waals surface area (Å²) in [4.78, 5) is 26.3. The van der Waals surface area contributed by atoms with Crippen molar-refractivity contribution >= 4 is 27.5 Å². The van der Waals surface area contributed by atoms with Crippen LogP contribution >= 0.6 is 11.6 Å². The third kappa shape index (κ3) is 7.18. The van der Waals surface area contributed by atoms with Crippen molar-refractivity contribution in [3.8, 4) is 16.8 Å². The summed E-state index contributed by atoms with van der Waals surface area (Å²) in [6.45, 7) is 3.63. The second kappa shape index (κ2) is 13.6. The van der Waals surface area contributed by atoms with Crippen molar-refractivity contribution in [2.75, 3.05) is 0 Å². The van der Waals surface area contributed by atoms with Gasteiger partial charge in [0.2, 0.25) is 0 Å². The number of rotatable bonds is 10. The van der Waals surface area contributed by atoms with Crippen LogP contribution in [-0.4, -0.2) is 28.7 Å². The lowest BCUT2D eigenvalue weighted by molar-refractivity contribution is -0.137. The van der Waals surface area contributed by atoms with E-state index >= 15 is 0 Å².